The lowest BCUT2D eigenvalue weighted by molar-refractivity contribution is 0.644. The Morgan fingerprint density at radius 1 is 1.26 bits per heavy atom. The van der Waals surface area contributed by atoms with Gasteiger partial charge in [-0.05, 0) is 45.2 Å². The Labute approximate surface area is 115 Å². The van der Waals surface area contributed by atoms with Crippen molar-refractivity contribution in [1.82, 2.24) is 9.55 Å². The molecule has 3 heteroatoms. The van der Waals surface area contributed by atoms with Crippen LogP contribution < -0.4 is 5.73 Å². The van der Waals surface area contributed by atoms with Gasteiger partial charge in [-0.15, -0.1) is 0 Å². The number of hydrogen-bond donors (Lipinski definition) is 1. The molecule has 0 spiro atoms. The molecule has 3 nitrogen and oxygen atoms in total. The molecule has 0 saturated carbocycles. The lowest BCUT2D eigenvalue weighted by atomic mass is 10.0. The van der Waals surface area contributed by atoms with E-state index in [2.05, 4.69) is 48.5 Å². The Hall–Kier alpha value is -1.61. The van der Waals surface area contributed by atoms with E-state index in [4.69, 9.17) is 5.73 Å². The van der Waals surface area contributed by atoms with Crippen LogP contribution in [0, 0.1) is 20.8 Å². The molecule has 0 bridgehead atoms. The first-order valence-electron chi connectivity index (χ1n) is 6.89. The minimum atomic E-state index is 0.213. The molecule has 0 aliphatic heterocycles. The Bertz CT molecular complexity index is 569. The van der Waals surface area contributed by atoms with Gasteiger partial charge in [0.2, 0.25) is 0 Å². The van der Waals surface area contributed by atoms with Gasteiger partial charge in [-0.3, -0.25) is 0 Å². The second kappa shape index (κ2) is 5.57. The molecular formula is C16H23N3. The van der Waals surface area contributed by atoms with Crippen LogP contribution in [0.25, 0.3) is 5.69 Å². The molecule has 2 rings (SSSR count). The highest BCUT2D eigenvalue weighted by Crippen LogP contribution is 2.21. The number of rotatable bonds is 4. The van der Waals surface area contributed by atoms with Crippen LogP contribution in [0.2, 0.25) is 0 Å². The highest BCUT2D eigenvalue weighted by Gasteiger charge is 2.11. The van der Waals surface area contributed by atoms with E-state index in [1.54, 1.807) is 0 Å². The molecule has 102 valence electrons. The predicted octanol–water partition coefficient (Wildman–Crippen LogP) is 3.08. The second-order valence-corrected chi connectivity index (χ2v) is 5.29. The van der Waals surface area contributed by atoms with Gasteiger partial charge in [0.25, 0.3) is 0 Å². The van der Waals surface area contributed by atoms with Crippen molar-refractivity contribution >= 4 is 0 Å². The molecule has 0 aliphatic rings. The number of imidazole rings is 1. The quantitative estimate of drug-likeness (QED) is 0.914. The van der Waals surface area contributed by atoms with Crippen LogP contribution in [-0.4, -0.2) is 15.6 Å². The summed E-state index contributed by atoms with van der Waals surface area (Å²) in [7, 11) is 0. The summed E-state index contributed by atoms with van der Waals surface area (Å²) in [5, 5.41) is 0. The van der Waals surface area contributed by atoms with Crippen LogP contribution in [0.1, 0.15) is 35.9 Å². The molecule has 0 radical (unpaired) electrons. The largest absolute Gasteiger partial charge is 0.327 e. The third-order valence-corrected chi connectivity index (χ3v) is 3.75. The van der Waals surface area contributed by atoms with Crippen molar-refractivity contribution < 1.29 is 0 Å². The number of hydrogen-bond acceptors (Lipinski definition) is 2. The van der Waals surface area contributed by atoms with Crippen molar-refractivity contribution in [2.75, 3.05) is 0 Å². The smallest absolute Gasteiger partial charge is 0.0997 e. The molecular weight excluding hydrogens is 234 g/mol. The van der Waals surface area contributed by atoms with Crippen LogP contribution in [0.4, 0.5) is 0 Å². The van der Waals surface area contributed by atoms with E-state index in [1.165, 1.54) is 22.5 Å². The highest BCUT2D eigenvalue weighted by molar-refractivity contribution is 5.45. The summed E-state index contributed by atoms with van der Waals surface area (Å²) in [5.41, 5.74) is 12.2. The summed E-state index contributed by atoms with van der Waals surface area (Å²) in [6.07, 6.45) is 3.80. The fraction of sp³-hybridized carbons (Fsp3) is 0.438. The van der Waals surface area contributed by atoms with E-state index in [0.717, 1.165) is 18.5 Å². The Morgan fingerprint density at radius 2 is 2.00 bits per heavy atom. The SMILES string of the molecule is CCC(N)Cc1cc(C)ccc1-n1cnc(C)c1C. The highest BCUT2D eigenvalue weighted by atomic mass is 15.1. The number of aromatic nitrogens is 2. The first-order chi connectivity index (χ1) is 9.02. The van der Waals surface area contributed by atoms with Crippen molar-refractivity contribution in [2.45, 2.75) is 46.6 Å². The molecule has 19 heavy (non-hydrogen) atoms. The zero-order valence-corrected chi connectivity index (χ0v) is 12.3. The number of nitrogens with zero attached hydrogens (tertiary/aromatic N) is 2. The first kappa shape index (κ1) is 13.8. The van der Waals surface area contributed by atoms with Gasteiger partial charge in [-0.1, -0.05) is 24.6 Å². The van der Waals surface area contributed by atoms with Crippen molar-refractivity contribution in [1.29, 1.82) is 0 Å². The van der Waals surface area contributed by atoms with E-state index in [-0.39, 0.29) is 6.04 Å². The average molecular weight is 257 g/mol. The van der Waals surface area contributed by atoms with Crippen LogP contribution in [0.3, 0.4) is 0 Å². The molecule has 0 aliphatic carbocycles. The number of aryl methyl sites for hydroxylation is 2. The van der Waals surface area contributed by atoms with Crippen molar-refractivity contribution in [3.8, 4) is 5.69 Å². The van der Waals surface area contributed by atoms with Gasteiger partial charge in [0.1, 0.15) is 0 Å². The van der Waals surface area contributed by atoms with Gasteiger partial charge >= 0.3 is 0 Å². The van der Waals surface area contributed by atoms with E-state index in [1.807, 2.05) is 13.3 Å². The fourth-order valence-electron chi connectivity index (χ4n) is 2.28. The van der Waals surface area contributed by atoms with Gasteiger partial charge in [0.15, 0.2) is 0 Å². The molecule has 2 aromatic rings. The van der Waals surface area contributed by atoms with Crippen LogP contribution in [0.5, 0.6) is 0 Å². The molecule has 0 amide bonds. The van der Waals surface area contributed by atoms with Gasteiger partial charge in [-0.25, -0.2) is 4.98 Å². The molecule has 1 atom stereocenters. The average Bonchev–Trinajstić information content (AvgIpc) is 2.70. The van der Waals surface area contributed by atoms with Crippen molar-refractivity contribution in [2.24, 2.45) is 5.73 Å². The third kappa shape index (κ3) is 2.87. The summed E-state index contributed by atoms with van der Waals surface area (Å²) in [6, 6.07) is 6.76. The Morgan fingerprint density at radius 3 is 2.58 bits per heavy atom. The second-order valence-electron chi connectivity index (χ2n) is 5.29. The first-order valence-corrected chi connectivity index (χ1v) is 6.89. The summed E-state index contributed by atoms with van der Waals surface area (Å²) < 4.78 is 2.16. The lowest BCUT2D eigenvalue weighted by Crippen LogP contribution is -2.22. The molecule has 0 fully saturated rings. The molecule has 1 aromatic heterocycles. The topological polar surface area (TPSA) is 43.8 Å². The summed E-state index contributed by atoms with van der Waals surface area (Å²) in [5.74, 6) is 0. The van der Waals surface area contributed by atoms with Gasteiger partial charge in [0.05, 0.1) is 17.7 Å². The Balaban J connectivity index is 2.47. The summed E-state index contributed by atoms with van der Waals surface area (Å²) in [4.78, 5) is 4.39. The molecule has 1 unspecified atom stereocenters. The van der Waals surface area contributed by atoms with Gasteiger partial charge in [-0.2, -0.15) is 0 Å². The molecule has 1 aromatic carbocycles. The zero-order valence-electron chi connectivity index (χ0n) is 12.3. The lowest BCUT2D eigenvalue weighted by Gasteiger charge is -2.16. The number of nitrogens with two attached hydrogens (primary N) is 1. The maximum atomic E-state index is 6.12. The standard InChI is InChI=1S/C16H23N3/c1-5-15(17)9-14-8-11(2)6-7-16(14)19-10-18-12(3)13(19)4/h6-8,10,15H,5,9,17H2,1-4H3. The third-order valence-electron chi connectivity index (χ3n) is 3.75. The maximum absolute atomic E-state index is 6.12. The normalized spacial score (nSPS) is 12.7. The molecule has 0 saturated heterocycles. The van der Waals surface area contributed by atoms with Crippen molar-refractivity contribution in [3.05, 3.63) is 47.0 Å². The predicted molar refractivity (Wildman–Crippen MR) is 79.7 cm³/mol. The minimum Gasteiger partial charge on any atom is -0.327 e. The Kier molecular flexibility index (Phi) is 4.05. The zero-order chi connectivity index (χ0) is 14.0. The van der Waals surface area contributed by atoms with Crippen LogP contribution in [-0.2, 0) is 6.42 Å². The monoisotopic (exact) mass is 257 g/mol. The van der Waals surface area contributed by atoms with E-state index < -0.39 is 0 Å². The van der Waals surface area contributed by atoms with E-state index in [9.17, 15) is 0 Å². The van der Waals surface area contributed by atoms with Crippen molar-refractivity contribution in [3.63, 3.8) is 0 Å². The van der Waals surface area contributed by atoms with Crippen LogP contribution in [0.15, 0.2) is 24.5 Å². The molecule has 2 N–H and O–H groups in total. The summed E-state index contributed by atoms with van der Waals surface area (Å²) in [6.45, 7) is 8.40. The van der Waals surface area contributed by atoms with Gasteiger partial charge < -0.3 is 10.3 Å². The fourth-order valence-corrected chi connectivity index (χ4v) is 2.28. The van der Waals surface area contributed by atoms with Crippen LogP contribution >= 0.6 is 0 Å². The summed E-state index contributed by atoms with van der Waals surface area (Å²) >= 11 is 0. The number of benzene rings is 1. The maximum Gasteiger partial charge on any atom is 0.0997 e. The van der Waals surface area contributed by atoms with Gasteiger partial charge in [0, 0.05) is 11.7 Å². The van der Waals surface area contributed by atoms with E-state index in [0.29, 0.717) is 0 Å². The minimum absolute atomic E-state index is 0.213. The van der Waals surface area contributed by atoms with E-state index >= 15 is 0 Å². The molecule has 1 heterocycles.